The number of carbonyl (C=O) groups is 3. The van der Waals surface area contributed by atoms with Gasteiger partial charge in [-0.1, -0.05) is 46.0 Å². The van der Waals surface area contributed by atoms with Crippen LogP contribution in [-0.2, 0) is 19.1 Å². The van der Waals surface area contributed by atoms with Crippen LogP contribution in [0.5, 0.6) is 0 Å². The molecule has 2 amide bonds. The summed E-state index contributed by atoms with van der Waals surface area (Å²) < 4.78 is 5.19. The van der Waals surface area contributed by atoms with E-state index in [-0.39, 0.29) is 6.42 Å². The first-order valence-electron chi connectivity index (χ1n) is 7.82. The Kier molecular flexibility index (Phi) is 10.5. The minimum atomic E-state index is -0.456. The van der Waals surface area contributed by atoms with Gasteiger partial charge < -0.3 is 4.74 Å². The predicted molar refractivity (Wildman–Crippen MR) is 81.5 cm³/mol. The van der Waals surface area contributed by atoms with Gasteiger partial charge in [0.15, 0.2) is 0 Å². The molecule has 0 saturated carbocycles. The van der Waals surface area contributed by atoms with E-state index in [1.807, 2.05) is 0 Å². The van der Waals surface area contributed by atoms with Gasteiger partial charge in [0, 0.05) is 13.8 Å². The summed E-state index contributed by atoms with van der Waals surface area (Å²) in [5.41, 5.74) is 0. The number of nitrogens with one attached hydrogen (secondary N) is 1. The van der Waals surface area contributed by atoms with Crippen molar-refractivity contribution in [3.8, 4) is 0 Å². The van der Waals surface area contributed by atoms with Crippen molar-refractivity contribution >= 4 is 17.8 Å². The molecule has 0 aromatic rings. The van der Waals surface area contributed by atoms with Crippen LogP contribution in [0.15, 0.2) is 0 Å². The minimum absolute atomic E-state index is 0.0401. The number of hydrogen-bond acceptors (Lipinski definition) is 4. The molecular weight excluding hydrogens is 270 g/mol. The molecule has 0 aromatic carbocycles. The lowest BCUT2D eigenvalue weighted by Crippen LogP contribution is -2.33. The summed E-state index contributed by atoms with van der Waals surface area (Å²) in [4.78, 5) is 33.6. The number of esters is 1. The van der Waals surface area contributed by atoms with Gasteiger partial charge in [-0.25, -0.2) is 0 Å². The molecule has 0 aromatic heterocycles. The summed E-state index contributed by atoms with van der Waals surface area (Å²) in [5, 5.41) is 2.21. The Morgan fingerprint density at radius 3 is 2.29 bits per heavy atom. The molecule has 0 radical (unpaired) electrons. The quantitative estimate of drug-likeness (QED) is 0.497. The lowest BCUT2D eigenvalue weighted by molar-refractivity contribution is -0.148. The van der Waals surface area contributed by atoms with E-state index in [2.05, 4.69) is 19.2 Å². The molecule has 0 aliphatic heterocycles. The van der Waals surface area contributed by atoms with Gasteiger partial charge in [0.2, 0.25) is 11.8 Å². The Morgan fingerprint density at radius 1 is 1.10 bits per heavy atom. The van der Waals surface area contributed by atoms with E-state index in [1.165, 1.54) is 33.1 Å². The van der Waals surface area contributed by atoms with Crippen LogP contribution in [0.3, 0.4) is 0 Å². The maximum absolute atomic E-state index is 11.6. The third-order valence-electron chi connectivity index (χ3n) is 3.28. The van der Waals surface area contributed by atoms with Crippen LogP contribution in [0.4, 0.5) is 0 Å². The lowest BCUT2D eigenvalue weighted by atomic mass is 9.95. The highest BCUT2D eigenvalue weighted by molar-refractivity contribution is 5.94. The maximum Gasteiger partial charge on any atom is 0.302 e. The molecule has 0 bridgehead atoms. The van der Waals surface area contributed by atoms with Gasteiger partial charge in [-0.3, -0.25) is 19.7 Å². The smallest absolute Gasteiger partial charge is 0.302 e. The van der Waals surface area contributed by atoms with Crippen molar-refractivity contribution in [3.05, 3.63) is 0 Å². The first-order valence-corrected chi connectivity index (χ1v) is 7.82. The fourth-order valence-corrected chi connectivity index (χ4v) is 2.35. The number of imide groups is 1. The van der Waals surface area contributed by atoms with Crippen molar-refractivity contribution in [3.63, 3.8) is 0 Å². The van der Waals surface area contributed by atoms with E-state index in [0.717, 1.165) is 12.8 Å². The molecule has 0 spiro atoms. The van der Waals surface area contributed by atoms with Crippen molar-refractivity contribution in [2.45, 2.75) is 78.7 Å². The molecule has 5 heteroatoms. The van der Waals surface area contributed by atoms with E-state index >= 15 is 0 Å². The maximum atomic E-state index is 11.6. The van der Waals surface area contributed by atoms with Crippen LogP contribution < -0.4 is 5.32 Å². The standard InChI is InChI=1S/C16H29NO4/c1-5-6-7-8-9-12(2)10-15(21-14(4)19)11-16(20)17-13(3)18/h12,15H,5-11H2,1-4H3,(H,17,18,20). The first kappa shape index (κ1) is 19.6. The molecule has 0 saturated heterocycles. The van der Waals surface area contributed by atoms with Gasteiger partial charge in [0.1, 0.15) is 6.10 Å². The summed E-state index contributed by atoms with van der Waals surface area (Å²) in [6, 6.07) is 0. The van der Waals surface area contributed by atoms with Gasteiger partial charge in [0.25, 0.3) is 0 Å². The van der Waals surface area contributed by atoms with Gasteiger partial charge in [0.05, 0.1) is 6.42 Å². The van der Waals surface area contributed by atoms with Crippen LogP contribution in [-0.4, -0.2) is 23.9 Å². The molecule has 0 heterocycles. The van der Waals surface area contributed by atoms with Crippen molar-refractivity contribution in [1.29, 1.82) is 0 Å². The number of hydrogen-bond donors (Lipinski definition) is 1. The SMILES string of the molecule is CCCCCCC(C)CC(CC(=O)NC(C)=O)OC(C)=O. The summed E-state index contributed by atoms with van der Waals surface area (Å²) in [7, 11) is 0. The summed E-state index contributed by atoms with van der Waals surface area (Å²) >= 11 is 0. The highest BCUT2D eigenvalue weighted by Gasteiger charge is 2.20. The molecule has 0 aliphatic rings. The van der Waals surface area contributed by atoms with Crippen molar-refractivity contribution in [2.24, 2.45) is 5.92 Å². The number of ether oxygens (including phenoxy) is 1. The van der Waals surface area contributed by atoms with E-state index in [1.54, 1.807) is 0 Å². The highest BCUT2D eigenvalue weighted by Crippen LogP contribution is 2.19. The van der Waals surface area contributed by atoms with Crippen LogP contribution in [0.2, 0.25) is 0 Å². The largest absolute Gasteiger partial charge is 0.462 e. The summed E-state index contributed by atoms with van der Waals surface area (Å²) in [6.07, 6.45) is 6.10. The lowest BCUT2D eigenvalue weighted by Gasteiger charge is -2.20. The fourth-order valence-electron chi connectivity index (χ4n) is 2.35. The number of rotatable bonds is 10. The summed E-state index contributed by atoms with van der Waals surface area (Å²) in [5.74, 6) is -0.800. The van der Waals surface area contributed by atoms with E-state index in [4.69, 9.17) is 4.74 Å². The van der Waals surface area contributed by atoms with Crippen molar-refractivity contribution in [2.75, 3.05) is 0 Å². The Morgan fingerprint density at radius 2 is 1.76 bits per heavy atom. The average Bonchev–Trinajstić information content (AvgIpc) is 2.32. The molecule has 2 atom stereocenters. The van der Waals surface area contributed by atoms with E-state index in [0.29, 0.717) is 12.3 Å². The van der Waals surface area contributed by atoms with Crippen molar-refractivity contribution < 1.29 is 19.1 Å². The average molecular weight is 299 g/mol. The Balaban J connectivity index is 4.24. The van der Waals surface area contributed by atoms with Crippen LogP contribution >= 0.6 is 0 Å². The molecule has 0 rings (SSSR count). The molecular formula is C16H29NO4. The van der Waals surface area contributed by atoms with Gasteiger partial charge in [-0.15, -0.1) is 0 Å². The second-order valence-electron chi connectivity index (χ2n) is 5.73. The second kappa shape index (κ2) is 11.3. The first-order chi connectivity index (χ1) is 9.85. The highest BCUT2D eigenvalue weighted by atomic mass is 16.5. The zero-order valence-electron chi connectivity index (χ0n) is 13.7. The third-order valence-corrected chi connectivity index (χ3v) is 3.28. The zero-order chi connectivity index (χ0) is 16.3. The number of carbonyl (C=O) groups excluding carboxylic acids is 3. The van der Waals surface area contributed by atoms with Gasteiger partial charge in [-0.05, 0) is 12.3 Å². The van der Waals surface area contributed by atoms with E-state index < -0.39 is 23.9 Å². The Hall–Kier alpha value is -1.39. The molecule has 21 heavy (non-hydrogen) atoms. The van der Waals surface area contributed by atoms with Gasteiger partial charge in [-0.2, -0.15) is 0 Å². The second-order valence-corrected chi connectivity index (χ2v) is 5.73. The molecule has 2 unspecified atom stereocenters. The van der Waals surface area contributed by atoms with E-state index in [9.17, 15) is 14.4 Å². The zero-order valence-corrected chi connectivity index (χ0v) is 13.7. The fraction of sp³-hybridized carbons (Fsp3) is 0.812. The monoisotopic (exact) mass is 299 g/mol. The van der Waals surface area contributed by atoms with Crippen LogP contribution in [0.1, 0.15) is 72.6 Å². The predicted octanol–water partition coefficient (Wildman–Crippen LogP) is 2.97. The Labute approximate surface area is 127 Å². The van der Waals surface area contributed by atoms with Crippen molar-refractivity contribution in [1.82, 2.24) is 5.32 Å². The Bertz CT molecular complexity index is 341. The topological polar surface area (TPSA) is 72.5 Å². The third kappa shape index (κ3) is 12.1. The number of unbranched alkanes of at least 4 members (excludes halogenated alkanes) is 3. The molecule has 1 N–H and O–H groups in total. The molecule has 0 aliphatic carbocycles. The molecule has 0 fully saturated rings. The van der Waals surface area contributed by atoms with Gasteiger partial charge >= 0.3 is 5.97 Å². The molecule has 122 valence electrons. The molecule has 5 nitrogen and oxygen atoms in total. The minimum Gasteiger partial charge on any atom is -0.462 e. The normalized spacial score (nSPS) is 13.3. The summed E-state index contributed by atoms with van der Waals surface area (Å²) in [6.45, 7) is 6.90. The van der Waals surface area contributed by atoms with Crippen LogP contribution in [0, 0.1) is 5.92 Å². The number of amides is 2. The van der Waals surface area contributed by atoms with Crippen LogP contribution in [0.25, 0.3) is 0 Å².